The Bertz CT molecular complexity index is 2660. The van der Waals surface area contributed by atoms with Gasteiger partial charge in [-0.2, -0.15) is 0 Å². The second-order valence-corrected chi connectivity index (χ2v) is 12.6. The second kappa shape index (κ2) is 11.6. The first-order valence-electron chi connectivity index (χ1n) is 16.7. The van der Waals surface area contributed by atoms with E-state index in [0.717, 1.165) is 6.42 Å². The molecule has 0 saturated carbocycles. The number of benzene rings is 8. The van der Waals surface area contributed by atoms with Crippen molar-refractivity contribution in [3.8, 4) is 27.9 Å². The molecule has 0 atom stereocenters. The minimum atomic E-state index is 0.872. The molecule has 0 aliphatic rings. The van der Waals surface area contributed by atoms with Crippen LogP contribution in [0.2, 0.25) is 0 Å². The first-order chi connectivity index (χ1) is 23.8. The van der Waals surface area contributed by atoms with Gasteiger partial charge in [-0.15, -0.1) is 0 Å². The molecule has 0 unspecified atom stereocenters. The van der Waals surface area contributed by atoms with Gasteiger partial charge in [0.05, 0.1) is 16.7 Å². The molecule has 228 valence electrons. The van der Waals surface area contributed by atoms with Crippen molar-refractivity contribution in [2.75, 3.05) is 7.05 Å². The van der Waals surface area contributed by atoms with Gasteiger partial charge in [-0.25, -0.2) is 0 Å². The Morgan fingerprint density at radius 2 is 1.17 bits per heavy atom. The highest BCUT2D eigenvalue weighted by Crippen LogP contribution is 2.40. The molecule has 1 N–H and O–H groups in total. The lowest BCUT2D eigenvalue weighted by Crippen LogP contribution is -1.97. The van der Waals surface area contributed by atoms with Gasteiger partial charge in [-0.1, -0.05) is 146 Å². The van der Waals surface area contributed by atoms with E-state index in [9.17, 15) is 0 Å². The average Bonchev–Trinajstić information content (AvgIpc) is 3.48. The van der Waals surface area contributed by atoms with Crippen LogP contribution in [0.4, 0.5) is 0 Å². The molecule has 0 saturated heterocycles. The first-order valence-corrected chi connectivity index (χ1v) is 16.7. The molecule has 8 aromatic carbocycles. The Morgan fingerprint density at radius 3 is 2.00 bits per heavy atom. The smallest absolute Gasteiger partial charge is 0.0619 e. The molecular formula is C46H34N2. The molecule has 2 nitrogen and oxygen atoms in total. The number of nitrogens with one attached hydrogen (secondary N) is 1. The van der Waals surface area contributed by atoms with Crippen molar-refractivity contribution in [2.24, 2.45) is 0 Å². The fourth-order valence-corrected chi connectivity index (χ4v) is 7.47. The number of hydrogen-bond donors (Lipinski definition) is 1. The van der Waals surface area contributed by atoms with Crippen LogP contribution in [-0.4, -0.2) is 11.6 Å². The Morgan fingerprint density at radius 1 is 0.500 bits per heavy atom. The van der Waals surface area contributed by atoms with Gasteiger partial charge in [0.1, 0.15) is 0 Å². The summed E-state index contributed by atoms with van der Waals surface area (Å²) >= 11 is 0. The zero-order valence-electron chi connectivity index (χ0n) is 26.8. The second-order valence-electron chi connectivity index (χ2n) is 12.6. The molecule has 0 fully saturated rings. The van der Waals surface area contributed by atoms with Crippen LogP contribution in [0.3, 0.4) is 0 Å². The van der Waals surface area contributed by atoms with Crippen LogP contribution in [0.15, 0.2) is 170 Å². The Hall–Kier alpha value is -6.12. The first kappa shape index (κ1) is 28.1. The van der Waals surface area contributed by atoms with Crippen molar-refractivity contribution in [3.05, 3.63) is 176 Å². The lowest BCUT2D eigenvalue weighted by atomic mass is 9.95. The molecule has 0 amide bonds. The summed E-state index contributed by atoms with van der Waals surface area (Å²) in [6.07, 6.45) is 5.06. The van der Waals surface area contributed by atoms with E-state index in [1.54, 1.807) is 0 Å². The molecule has 9 rings (SSSR count). The molecule has 0 radical (unpaired) electrons. The maximum Gasteiger partial charge on any atom is 0.0619 e. The van der Waals surface area contributed by atoms with E-state index in [2.05, 4.69) is 174 Å². The van der Waals surface area contributed by atoms with Gasteiger partial charge in [0.25, 0.3) is 0 Å². The zero-order chi connectivity index (χ0) is 32.0. The van der Waals surface area contributed by atoms with Crippen molar-refractivity contribution in [3.63, 3.8) is 0 Å². The van der Waals surface area contributed by atoms with Crippen LogP contribution >= 0.6 is 0 Å². The van der Waals surface area contributed by atoms with Gasteiger partial charge in [-0.3, -0.25) is 0 Å². The van der Waals surface area contributed by atoms with E-state index in [-0.39, 0.29) is 0 Å². The van der Waals surface area contributed by atoms with E-state index in [1.807, 2.05) is 13.2 Å². The largest absolute Gasteiger partial charge is 0.394 e. The standard InChI is InChI=1S/C46H34N2/c1-47-28-8-9-31-18-25-42-43-27-24-37-30-36(32-19-21-35(22-20-32)39-16-6-12-33-10-2-4-14-38(33)39)23-26-41(37)46(43)48(45(42)29-31)44-17-7-13-34-11-3-5-15-40(34)44/h2-8,10-30,47H,9H2,1H3/b28-8-. The van der Waals surface area contributed by atoms with Gasteiger partial charge in [0.15, 0.2) is 0 Å². The van der Waals surface area contributed by atoms with E-state index < -0.39 is 0 Å². The molecule has 1 heterocycles. The predicted molar refractivity (Wildman–Crippen MR) is 206 cm³/mol. The highest BCUT2D eigenvalue weighted by molar-refractivity contribution is 6.19. The Labute approximate surface area is 280 Å². The summed E-state index contributed by atoms with van der Waals surface area (Å²) < 4.78 is 2.50. The van der Waals surface area contributed by atoms with E-state index in [0.29, 0.717) is 0 Å². The highest BCUT2D eigenvalue weighted by Gasteiger charge is 2.17. The molecule has 0 aliphatic heterocycles. The minimum absolute atomic E-state index is 0.872. The summed E-state index contributed by atoms with van der Waals surface area (Å²) in [5.41, 5.74) is 9.92. The quantitative estimate of drug-likeness (QED) is 0.197. The summed E-state index contributed by atoms with van der Waals surface area (Å²) in [4.78, 5) is 0. The van der Waals surface area contributed by atoms with Gasteiger partial charge < -0.3 is 9.88 Å². The van der Waals surface area contributed by atoms with Crippen molar-refractivity contribution in [1.29, 1.82) is 0 Å². The lowest BCUT2D eigenvalue weighted by Gasteiger charge is -2.14. The normalized spacial score (nSPS) is 11.9. The maximum atomic E-state index is 3.12. The number of nitrogens with zero attached hydrogens (tertiary/aromatic N) is 1. The topological polar surface area (TPSA) is 17.0 Å². The number of hydrogen-bond acceptors (Lipinski definition) is 1. The summed E-state index contributed by atoms with van der Waals surface area (Å²) in [5.74, 6) is 0. The van der Waals surface area contributed by atoms with E-state index in [4.69, 9.17) is 0 Å². The highest BCUT2D eigenvalue weighted by atomic mass is 15.0. The lowest BCUT2D eigenvalue weighted by molar-refractivity contribution is 1.08. The van der Waals surface area contributed by atoms with Crippen molar-refractivity contribution in [1.82, 2.24) is 9.88 Å². The van der Waals surface area contributed by atoms with Gasteiger partial charge in [0.2, 0.25) is 0 Å². The summed E-state index contributed by atoms with van der Waals surface area (Å²) in [7, 11) is 1.94. The summed E-state index contributed by atoms with van der Waals surface area (Å²) in [5, 5.41) is 13.2. The number of fused-ring (bicyclic) bond motifs is 7. The van der Waals surface area contributed by atoms with Crippen LogP contribution in [0.1, 0.15) is 5.56 Å². The molecule has 2 heteroatoms. The fraction of sp³-hybridized carbons (Fsp3) is 0.0435. The fourth-order valence-electron chi connectivity index (χ4n) is 7.47. The minimum Gasteiger partial charge on any atom is -0.394 e. The average molecular weight is 615 g/mol. The van der Waals surface area contributed by atoms with Gasteiger partial charge in [0, 0.05) is 28.6 Å². The molecule has 48 heavy (non-hydrogen) atoms. The molecule has 1 aromatic heterocycles. The number of allylic oxidation sites excluding steroid dienone is 1. The van der Waals surface area contributed by atoms with Crippen LogP contribution in [0, 0.1) is 0 Å². The zero-order valence-corrected chi connectivity index (χ0v) is 26.8. The predicted octanol–water partition coefficient (Wildman–Crippen LogP) is 11.9. The summed E-state index contributed by atoms with van der Waals surface area (Å²) in [6, 6.07) is 58.1. The number of rotatable bonds is 6. The van der Waals surface area contributed by atoms with Crippen molar-refractivity contribution in [2.45, 2.75) is 6.42 Å². The molecular weight excluding hydrogens is 581 g/mol. The van der Waals surface area contributed by atoms with Crippen LogP contribution < -0.4 is 5.32 Å². The Balaban J connectivity index is 1.22. The molecule has 0 bridgehead atoms. The van der Waals surface area contributed by atoms with Crippen LogP contribution in [0.25, 0.3) is 82.1 Å². The third-order valence-electron chi connectivity index (χ3n) is 9.77. The third kappa shape index (κ3) is 4.65. The van der Waals surface area contributed by atoms with Gasteiger partial charge >= 0.3 is 0 Å². The monoisotopic (exact) mass is 614 g/mol. The molecule has 0 aliphatic carbocycles. The molecule has 9 aromatic rings. The van der Waals surface area contributed by atoms with E-state index >= 15 is 0 Å². The van der Waals surface area contributed by atoms with E-state index in [1.165, 1.54) is 87.6 Å². The third-order valence-corrected chi connectivity index (χ3v) is 9.77. The van der Waals surface area contributed by atoms with Crippen molar-refractivity contribution >= 4 is 54.1 Å². The van der Waals surface area contributed by atoms with Gasteiger partial charge in [-0.05, 0) is 80.2 Å². The summed E-state index contributed by atoms with van der Waals surface area (Å²) in [6.45, 7) is 0. The molecule has 0 spiro atoms. The number of aromatic nitrogens is 1. The maximum absolute atomic E-state index is 3.12. The van der Waals surface area contributed by atoms with Crippen molar-refractivity contribution < 1.29 is 0 Å². The van der Waals surface area contributed by atoms with Crippen LogP contribution in [0.5, 0.6) is 0 Å². The van der Waals surface area contributed by atoms with Crippen LogP contribution in [-0.2, 0) is 6.42 Å². The SMILES string of the molecule is CN/C=C\Cc1ccc2c3ccc4cc(-c5ccc(-c6cccc7ccccc67)cc5)ccc4c3n(-c3cccc4ccccc34)c2c1. The Kier molecular flexibility index (Phi) is 6.80.